The van der Waals surface area contributed by atoms with Crippen LogP contribution in [0, 0.1) is 11.6 Å². The normalized spacial score (nSPS) is 11.4. The number of hydrogen-bond donors (Lipinski definition) is 0. The van der Waals surface area contributed by atoms with Crippen LogP contribution in [-0.4, -0.2) is 8.42 Å². The molecular weight excluding hydrogens is 390 g/mol. The summed E-state index contributed by atoms with van der Waals surface area (Å²) >= 11 is 3.30. The van der Waals surface area contributed by atoms with Crippen molar-refractivity contribution in [3.63, 3.8) is 0 Å². The minimum atomic E-state index is -4.35. The molecule has 0 aliphatic heterocycles. The van der Waals surface area contributed by atoms with Gasteiger partial charge in [0.05, 0.1) is 0 Å². The maximum atomic E-state index is 13.8. The van der Waals surface area contributed by atoms with Crippen LogP contribution in [0.4, 0.5) is 8.78 Å². The number of hydrogen-bond acceptors (Lipinski definition) is 3. The topological polar surface area (TPSA) is 43.4 Å². The highest BCUT2D eigenvalue weighted by atomic mass is 79.9. The molecule has 0 fully saturated rings. The molecule has 0 N–H and O–H groups in total. The third-order valence-corrected chi connectivity index (χ3v) is 4.73. The first kappa shape index (κ1) is 16.2. The molecular formula is C13H8BrClF2O3S. The maximum Gasteiger partial charge on any atom is 0.264 e. The molecule has 0 saturated carbocycles. The Morgan fingerprint density at radius 1 is 1.10 bits per heavy atom. The Morgan fingerprint density at radius 3 is 2.38 bits per heavy atom. The van der Waals surface area contributed by atoms with Crippen molar-refractivity contribution in [3.8, 4) is 5.75 Å². The van der Waals surface area contributed by atoms with Crippen LogP contribution in [0.15, 0.2) is 45.8 Å². The van der Waals surface area contributed by atoms with Gasteiger partial charge in [-0.15, -0.1) is 0 Å². The Hall–Kier alpha value is -1.18. The maximum absolute atomic E-state index is 13.8. The van der Waals surface area contributed by atoms with Crippen molar-refractivity contribution < 1.29 is 21.9 Å². The summed E-state index contributed by atoms with van der Waals surface area (Å²) in [6.45, 7) is -0.00917. The molecule has 2 aromatic carbocycles. The van der Waals surface area contributed by atoms with Gasteiger partial charge in [0.25, 0.3) is 9.05 Å². The number of halogens is 4. The van der Waals surface area contributed by atoms with Gasteiger partial charge in [-0.2, -0.15) is 4.39 Å². The van der Waals surface area contributed by atoms with E-state index in [-0.39, 0.29) is 6.61 Å². The zero-order valence-electron chi connectivity index (χ0n) is 10.3. The van der Waals surface area contributed by atoms with Crippen LogP contribution in [0.3, 0.4) is 0 Å². The predicted octanol–water partition coefficient (Wildman–Crippen LogP) is 4.23. The van der Waals surface area contributed by atoms with Crippen LogP contribution in [0.1, 0.15) is 5.56 Å². The summed E-state index contributed by atoms with van der Waals surface area (Å²) in [7, 11) is 0.648. The summed E-state index contributed by atoms with van der Waals surface area (Å²) in [6, 6.07) is 8.97. The van der Waals surface area contributed by atoms with Gasteiger partial charge in [-0.25, -0.2) is 12.8 Å². The minimum absolute atomic E-state index is 0.00917. The quantitative estimate of drug-likeness (QED) is 0.725. The van der Waals surface area contributed by atoms with Gasteiger partial charge in [0.15, 0.2) is 11.6 Å². The third-order valence-electron chi connectivity index (χ3n) is 2.62. The lowest BCUT2D eigenvalue weighted by Crippen LogP contribution is -2.03. The highest BCUT2D eigenvalue weighted by Gasteiger charge is 2.22. The average Bonchev–Trinajstić information content (AvgIpc) is 2.40. The summed E-state index contributed by atoms with van der Waals surface area (Å²) in [4.78, 5) is -0.921. The fourth-order valence-electron chi connectivity index (χ4n) is 1.58. The van der Waals surface area contributed by atoms with E-state index in [1.54, 1.807) is 24.3 Å². The van der Waals surface area contributed by atoms with Gasteiger partial charge in [-0.05, 0) is 18.2 Å². The van der Waals surface area contributed by atoms with Gasteiger partial charge in [0.2, 0.25) is 5.82 Å². The van der Waals surface area contributed by atoms with Crippen molar-refractivity contribution in [2.45, 2.75) is 11.5 Å². The molecule has 0 radical (unpaired) electrons. The lowest BCUT2D eigenvalue weighted by Gasteiger charge is -2.10. The van der Waals surface area contributed by atoms with E-state index in [1.807, 2.05) is 0 Å². The predicted molar refractivity (Wildman–Crippen MR) is 77.9 cm³/mol. The largest absolute Gasteiger partial charge is 0.486 e. The molecule has 0 aliphatic carbocycles. The van der Waals surface area contributed by atoms with Gasteiger partial charge < -0.3 is 4.74 Å². The highest BCUT2D eigenvalue weighted by molar-refractivity contribution is 9.10. The van der Waals surface area contributed by atoms with Crippen LogP contribution >= 0.6 is 26.6 Å². The molecule has 2 rings (SSSR count). The van der Waals surface area contributed by atoms with E-state index < -0.39 is 31.3 Å². The van der Waals surface area contributed by atoms with Gasteiger partial charge >= 0.3 is 0 Å². The van der Waals surface area contributed by atoms with Crippen LogP contribution in [0.2, 0.25) is 0 Å². The van der Waals surface area contributed by atoms with E-state index in [2.05, 4.69) is 15.9 Å². The molecule has 0 bridgehead atoms. The molecule has 0 atom stereocenters. The summed E-state index contributed by atoms with van der Waals surface area (Å²) in [5, 5.41) is 0. The van der Waals surface area contributed by atoms with Crippen LogP contribution in [0.25, 0.3) is 0 Å². The summed E-state index contributed by atoms with van der Waals surface area (Å²) in [5.74, 6) is -3.36. The van der Waals surface area contributed by atoms with Crippen LogP contribution < -0.4 is 4.74 Å². The Bertz CT molecular complexity index is 781. The molecule has 0 unspecified atom stereocenters. The van der Waals surface area contributed by atoms with Gasteiger partial charge in [0.1, 0.15) is 11.5 Å². The van der Waals surface area contributed by atoms with Gasteiger partial charge in [0, 0.05) is 20.7 Å². The second kappa shape index (κ2) is 6.29. The average molecular weight is 398 g/mol. The standard InChI is InChI=1S/C13H8BrClF2O3S/c14-9-4-2-1-3-8(9)7-20-10-5-6-11(21(15,18)19)13(17)12(10)16/h1-6H,7H2. The lowest BCUT2D eigenvalue weighted by molar-refractivity contribution is 0.282. The molecule has 2 aromatic rings. The van der Waals surface area contributed by atoms with Crippen LogP contribution in [-0.2, 0) is 15.7 Å². The minimum Gasteiger partial charge on any atom is -0.486 e. The summed E-state index contributed by atoms with van der Waals surface area (Å²) in [5.41, 5.74) is 0.728. The first-order valence-electron chi connectivity index (χ1n) is 5.59. The van der Waals surface area contributed by atoms with E-state index >= 15 is 0 Å². The van der Waals surface area contributed by atoms with Crippen LogP contribution in [0.5, 0.6) is 5.75 Å². The summed E-state index contributed by atoms with van der Waals surface area (Å²) in [6.07, 6.45) is 0. The Kier molecular flexibility index (Phi) is 4.85. The molecule has 0 saturated heterocycles. The molecule has 21 heavy (non-hydrogen) atoms. The zero-order valence-corrected chi connectivity index (χ0v) is 13.5. The Labute approximate surface area is 133 Å². The molecule has 0 aliphatic rings. The highest BCUT2D eigenvalue weighted by Crippen LogP contribution is 2.28. The van der Waals surface area contributed by atoms with E-state index in [0.717, 1.165) is 22.2 Å². The van der Waals surface area contributed by atoms with E-state index in [4.69, 9.17) is 15.4 Å². The first-order valence-corrected chi connectivity index (χ1v) is 8.70. The fourth-order valence-corrected chi connectivity index (χ4v) is 2.88. The second-order valence-electron chi connectivity index (χ2n) is 4.01. The van der Waals surface area contributed by atoms with Crippen molar-refractivity contribution in [2.75, 3.05) is 0 Å². The fraction of sp³-hybridized carbons (Fsp3) is 0.0769. The third kappa shape index (κ3) is 3.72. The number of benzene rings is 2. The SMILES string of the molecule is O=S(=O)(Cl)c1ccc(OCc2ccccc2Br)c(F)c1F. The molecule has 0 aromatic heterocycles. The van der Waals surface area contributed by atoms with E-state index in [1.165, 1.54) is 0 Å². The molecule has 0 spiro atoms. The van der Waals surface area contributed by atoms with Gasteiger partial charge in [-0.3, -0.25) is 0 Å². The Morgan fingerprint density at radius 2 is 1.76 bits per heavy atom. The van der Waals surface area contributed by atoms with Crippen molar-refractivity contribution >= 4 is 35.7 Å². The smallest absolute Gasteiger partial charge is 0.264 e. The van der Waals surface area contributed by atoms with Crippen molar-refractivity contribution in [2.24, 2.45) is 0 Å². The lowest BCUT2D eigenvalue weighted by atomic mass is 10.2. The zero-order chi connectivity index (χ0) is 15.6. The van der Waals surface area contributed by atoms with Crippen molar-refractivity contribution in [3.05, 3.63) is 58.1 Å². The molecule has 0 amide bonds. The Balaban J connectivity index is 2.27. The van der Waals surface area contributed by atoms with Gasteiger partial charge in [-0.1, -0.05) is 34.1 Å². The first-order chi connectivity index (χ1) is 9.80. The number of ether oxygens (including phenoxy) is 1. The second-order valence-corrected chi connectivity index (χ2v) is 7.40. The molecule has 8 heteroatoms. The van der Waals surface area contributed by atoms with E-state index in [0.29, 0.717) is 0 Å². The van der Waals surface area contributed by atoms with Crippen molar-refractivity contribution in [1.29, 1.82) is 0 Å². The summed E-state index contributed by atoms with van der Waals surface area (Å²) < 4.78 is 55.4. The molecule has 112 valence electrons. The van der Waals surface area contributed by atoms with E-state index in [9.17, 15) is 17.2 Å². The monoisotopic (exact) mass is 396 g/mol. The van der Waals surface area contributed by atoms with Crippen molar-refractivity contribution in [1.82, 2.24) is 0 Å². The number of rotatable bonds is 4. The molecule has 0 heterocycles. The molecule has 3 nitrogen and oxygen atoms in total.